The Kier molecular flexibility index (Phi) is 5.58. The van der Waals surface area contributed by atoms with Crippen molar-refractivity contribution in [3.05, 3.63) is 47.5 Å². The zero-order valence-corrected chi connectivity index (χ0v) is 14.7. The lowest BCUT2D eigenvalue weighted by Gasteiger charge is -2.18. The molecule has 1 heterocycles. The number of hydrazone groups is 1. The molecule has 0 unspecified atom stereocenters. The lowest BCUT2D eigenvalue weighted by molar-refractivity contribution is -0.120. The minimum absolute atomic E-state index is 0.184. The SMILES string of the molecule is COc1cccc(/C=N/NC(=O)Cc2ccc3c(c2)OCCO3)c1OC. The highest BCUT2D eigenvalue weighted by Crippen LogP contribution is 2.31. The highest BCUT2D eigenvalue weighted by molar-refractivity contribution is 5.86. The first kappa shape index (κ1) is 17.6. The number of ether oxygens (including phenoxy) is 4. The summed E-state index contributed by atoms with van der Waals surface area (Å²) in [6.07, 6.45) is 1.70. The van der Waals surface area contributed by atoms with Crippen LogP contribution in [0.1, 0.15) is 11.1 Å². The molecular formula is C19H20N2O5. The van der Waals surface area contributed by atoms with Gasteiger partial charge >= 0.3 is 0 Å². The number of amides is 1. The number of rotatable bonds is 6. The molecule has 0 atom stereocenters. The van der Waals surface area contributed by atoms with E-state index < -0.39 is 0 Å². The largest absolute Gasteiger partial charge is 0.493 e. The van der Waals surface area contributed by atoms with Gasteiger partial charge in [0, 0.05) is 5.56 Å². The number of methoxy groups -OCH3 is 2. The van der Waals surface area contributed by atoms with Crippen molar-refractivity contribution in [2.24, 2.45) is 5.10 Å². The predicted molar refractivity (Wildman–Crippen MR) is 96.4 cm³/mol. The number of benzene rings is 2. The van der Waals surface area contributed by atoms with Crippen LogP contribution in [-0.4, -0.2) is 39.6 Å². The first-order chi connectivity index (χ1) is 12.7. The van der Waals surface area contributed by atoms with Crippen molar-refractivity contribution in [1.29, 1.82) is 0 Å². The van der Waals surface area contributed by atoms with Crippen molar-refractivity contribution < 1.29 is 23.7 Å². The van der Waals surface area contributed by atoms with E-state index in [2.05, 4.69) is 10.5 Å². The van der Waals surface area contributed by atoms with Crippen molar-refractivity contribution >= 4 is 12.1 Å². The highest BCUT2D eigenvalue weighted by Gasteiger charge is 2.13. The molecule has 1 aliphatic heterocycles. The molecule has 1 N–H and O–H groups in total. The molecule has 0 saturated carbocycles. The van der Waals surface area contributed by atoms with Crippen molar-refractivity contribution in [3.8, 4) is 23.0 Å². The van der Waals surface area contributed by atoms with Crippen LogP contribution in [0.4, 0.5) is 0 Å². The summed E-state index contributed by atoms with van der Waals surface area (Å²) < 4.78 is 21.5. The third-order valence-corrected chi connectivity index (χ3v) is 3.80. The number of hydrogen-bond acceptors (Lipinski definition) is 6. The Morgan fingerprint density at radius 3 is 2.73 bits per heavy atom. The fraction of sp³-hybridized carbons (Fsp3) is 0.263. The first-order valence-electron chi connectivity index (χ1n) is 8.12. The number of nitrogens with zero attached hydrogens (tertiary/aromatic N) is 1. The van der Waals surface area contributed by atoms with E-state index >= 15 is 0 Å². The van der Waals surface area contributed by atoms with Crippen molar-refractivity contribution in [1.82, 2.24) is 5.43 Å². The quantitative estimate of drug-likeness (QED) is 0.634. The average Bonchev–Trinajstić information content (AvgIpc) is 2.67. The molecular weight excluding hydrogens is 336 g/mol. The molecule has 0 spiro atoms. The standard InChI is InChI=1S/C19H20N2O5/c1-23-16-5-3-4-14(19(16)24-2)12-20-21-18(22)11-13-6-7-15-17(10-13)26-9-8-25-15/h3-7,10,12H,8-9,11H2,1-2H3,(H,21,22)/b20-12+. The fourth-order valence-corrected chi connectivity index (χ4v) is 2.61. The van der Waals surface area contributed by atoms with E-state index in [0.717, 1.165) is 5.56 Å². The van der Waals surface area contributed by atoms with Gasteiger partial charge in [0.25, 0.3) is 0 Å². The van der Waals surface area contributed by atoms with E-state index in [0.29, 0.717) is 41.8 Å². The summed E-state index contributed by atoms with van der Waals surface area (Å²) in [5.41, 5.74) is 4.03. The number of fused-ring (bicyclic) bond motifs is 1. The van der Waals surface area contributed by atoms with Gasteiger partial charge in [-0.15, -0.1) is 0 Å². The fourth-order valence-electron chi connectivity index (χ4n) is 2.61. The molecule has 2 aromatic carbocycles. The molecule has 7 nitrogen and oxygen atoms in total. The molecule has 0 aliphatic carbocycles. The molecule has 26 heavy (non-hydrogen) atoms. The van der Waals surface area contributed by atoms with Crippen molar-refractivity contribution in [2.75, 3.05) is 27.4 Å². The second kappa shape index (κ2) is 8.24. The van der Waals surface area contributed by atoms with Crippen LogP contribution in [0.2, 0.25) is 0 Å². The summed E-state index contributed by atoms with van der Waals surface area (Å²) >= 11 is 0. The van der Waals surface area contributed by atoms with Crippen molar-refractivity contribution in [2.45, 2.75) is 6.42 Å². The number of nitrogens with one attached hydrogen (secondary N) is 1. The molecule has 0 aromatic heterocycles. The molecule has 2 aromatic rings. The van der Waals surface area contributed by atoms with Crippen LogP contribution in [0.15, 0.2) is 41.5 Å². The summed E-state index contributed by atoms with van der Waals surface area (Å²) in [6.45, 7) is 1.05. The smallest absolute Gasteiger partial charge is 0.244 e. The van der Waals surface area contributed by atoms with E-state index in [1.54, 1.807) is 20.3 Å². The highest BCUT2D eigenvalue weighted by atomic mass is 16.6. The van der Waals surface area contributed by atoms with Gasteiger partial charge in [-0.25, -0.2) is 5.43 Å². The molecule has 3 rings (SSSR count). The number of hydrogen-bond donors (Lipinski definition) is 1. The van der Waals surface area contributed by atoms with Gasteiger partial charge in [0.15, 0.2) is 23.0 Å². The van der Waals surface area contributed by atoms with E-state index in [9.17, 15) is 4.79 Å². The molecule has 0 radical (unpaired) electrons. The van der Waals surface area contributed by atoms with Crippen LogP contribution in [0.3, 0.4) is 0 Å². The normalized spacial score (nSPS) is 12.7. The van der Waals surface area contributed by atoms with E-state index in [1.165, 1.54) is 6.21 Å². The van der Waals surface area contributed by atoms with Gasteiger partial charge < -0.3 is 18.9 Å². The maximum atomic E-state index is 12.1. The Balaban J connectivity index is 1.62. The van der Waals surface area contributed by atoms with Crippen LogP contribution >= 0.6 is 0 Å². The Morgan fingerprint density at radius 2 is 1.96 bits per heavy atom. The van der Waals surface area contributed by atoms with E-state index in [1.807, 2.05) is 30.3 Å². The van der Waals surface area contributed by atoms with Gasteiger partial charge in [-0.2, -0.15) is 5.10 Å². The third-order valence-electron chi connectivity index (χ3n) is 3.80. The number of para-hydroxylation sites is 1. The minimum atomic E-state index is -0.236. The molecule has 0 fully saturated rings. The molecule has 1 amide bonds. The molecule has 0 bridgehead atoms. The van der Waals surface area contributed by atoms with Crippen LogP contribution < -0.4 is 24.4 Å². The predicted octanol–water partition coefficient (Wildman–Crippen LogP) is 2.17. The van der Waals surface area contributed by atoms with Crippen molar-refractivity contribution in [3.63, 3.8) is 0 Å². The second-order valence-electron chi connectivity index (χ2n) is 5.53. The zero-order chi connectivity index (χ0) is 18.4. The average molecular weight is 356 g/mol. The Labute approximate surface area is 151 Å². The van der Waals surface area contributed by atoms with Crippen LogP contribution in [0.5, 0.6) is 23.0 Å². The summed E-state index contributed by atoms with van der Waals surface area (Å²) in [5.74, 6) is 2.27. The lowest BCUT2D eigenvalue weighted by atomic mass is 10.1. The summed E-state index contributed by atoms with van der Waals surface area (Å²) in [5, 5.41) is 3.99. The third kappa shape index (κ3) is 4.05. The van der Waals surface area contributed by atoms with Gasteiger partial charge in [0.05, 0.1) is 26.9 Å². The summed E-state index contributed by atoms with van der Waals surface area (Å²) in [6, 6.07) is 10.9. The summed E-state index contributed by atoms with van der Waals surface area (Å²) in [7, 11) is 3.11. The van der Waals surface area contributed by atoms with Crippen LogP contribution in [0.25, 0.3) is 0 Å². The topological polar surface area (TPSA) is 78.4 Å². The Bertz CT molecular complexity index is 820. The number of carbonyl (C=O) groups excluding carboxylic acids is 1. The molecule has 0 saturated heterocycles. The lowest BCUT2D eigenvalue weighted by Crippen LogP contribution is -2.20. The second-order valence-corrected chi connectivity index (χ2v) is 5.53. The van der Waals surface area contributed by atoms with E-state index in [4.69, 9.17) is 18.9 Å². The minimum Gasteiger partial charge on any atom is -0.493 e. The zero-order valence-electron chi connectivity index (χ0n) is 14.7. The molecule has 1 aliphatic rings. The van der Waals surface area contributed by atoms with Crippen LogP contribution in [0, 0.1) is 0 Å². The maximum absolute atomic E-state index is 12.1. The van der Waals surface area contributed by atoms with Gasteiger partial charge in [-0.3, -0.25) is 4.79 Å². The Morgan fingerprint density at radius 1 is 1.15 bits per heavy atom. The van der Waals surface area contributed by atoms with Gasteiger partial charge in [-0.1, -0.05) is 12.1 Å². The molecule has 136 valence electrons. The maximum Gasteiger partial charge on any atom is 0.244 e. The van der Waals surface area contributed by atoms with Gasteiger partial charge in [0.1, 0.15) is 13.2 Å². The summed E-state index contributed by atoms with van der Waals surface area (Å²) in [4.78, 5) is 12.1. The monoisotopic (exact) mass is 356 g/mol. The number of carbonyl (C=O) groups is 1. The van der Waals surface area contributed by atoms with Gasteiger partial charge in [0.2, 0.25) is 5.91 Å². The van der Waals surface area contributed by atoms with E-state index in [-0.39, 0.29) is 12.3 Å². The van der Waals surface area contributed by atoms with Gasteiger partial charge in [-0.05, 0) is 29.8 Å². The Hall–Kier alpha value is -3.22. The van der Waals surface area contributed by atoms with Crippen LogP contribution in [-0.2, 0) is 11.2 Å². The molecule has 7 heteroatoms. The first-order valence-corrected chi connectivity index (χ1v) is 8.12.